The molecular weight excluding hydrogens is 352 g/mol. The molecule has 0 aromatic heterocycles. The number of benzene rings is 2. The molecule has 2 aromatic rings. The standard InChI is InChI=1S/C23H32O3Si/c1-22(2,3)27(19-13-9-7-10-14-19,20-15-11-8-12-16-20)26-18-23(4,5)17-21(24)25-6/h7-16H,17-18H2,1-6H3. The normalized spacial score (nSPS) is 12.7. The van der Waals surface area contributed by atoms with E-state index in [1.807, 2.05) is 12.1 Å². The third-order valence-electron chi connectivity index (χ3n) is 4.95. The third kappa shape index (κ3) is 4.88. The van der Waals surface area contributed by atoms with Crippen molar-refractivity contribution < 1.29 is 14.0 Å². The van der Waals surface area contributed by atoms with E-state index in [1.54, 1.807) is 0 Å². The van der Waals surface area contributed by atoms with Crippen LogP contribution in [0.1, 0.15) is 41.0 Å². The van der Waals surface area contributed by atoms with Gasteiger partial charge in [-0.25, -0.2) is 0 Å². The summed E-state index contributed by atoms with van der Waals surface area (Å²) < 4.78 is 11.8. The van der Waals surface area contributed by atoms with Crippen LogP contribution in [0.25, 0.3) is 0 Å². The van der Waals surface area contributed by atoms with Crippen molar-refractivity contribution in [1.82, 2.24) is 0 Å². The number of carbonyl (C=O) groups excluding carboxylic acids is 1. The molecule has 0 aliphatic heterocycles. The van der Waals surface area contributed by atoms with E-state index in [2.05, 4.69) is 83.1 Å². The lowest BCUT2D eigenvalue weighted by atomic mass is 9.91. The zero-order valence-electron chi connectivity index (χ0n) is 17.4. The largest absolute Gasteiger partial charge is 0.469 e. The minimum absolute atomic E-state index is 0.0724. The predicted molar refractivity (Wildman–Crippen MR) is 114 cm³/mol. The number of rotatable bonds is 7. The molecule has 0 aliphatic rings. The molecule has 0 unspecified atom stereocenters. The van der Waals surface area contributed by atoms with E-state index in [1.165, 1.54) is 17.5 Å². The maximum Gasteiger partial charge on any atom is 0.306 e. The minimum Gasteiger partial charge on any atom is -0.469 e. The summed E-state index contributed by atoms with van der Waals surface area (Å²) in [6, 6.07) is 21.1. The second kappa shape index (κ2) is 8.40. The molecule has 0 N–H and O–H groups in total. The highest BCUT2D eigenvalue weighted by Crippen LogP contribution is 2.38. The molecule has 3 nitrogen and oxygen atoms in total. The molecule has 2 rings (SSSR count). The van der Waals surface area contributed by atoms with E-state index in [0.717, 1.165) is 0 Å². The molecule has 4 heteroatoms. The Morgan fingerprint density at radius 2 is 1.30 bits per heavy atom. The van der Waals surface area contributed by atoms with Gasteiger partial charge in [-0.05, 0) is 20.8 Å². The van der Waals surface area contributed by atoms with Gasteiger partial charge in [0.15, 0.2) is 0 Å². The fraction of sp³-hybridized carbons (Fsp3) is 0.435. The van der Waals surface area contributed by atoms with E-state index in [9.17, 15) is 4.79 Å². The highest BCUT2D eigenvalue weighted by atomic mass is 28.4. The number of hydrogen-bond donors (Lipinski definition) is 0. The minimum atomic E-state index is -2.57. The predicted octanol–water partition coefficient (Wildman–Crippen LogP) is 4.15. The molecular formula is C23H32O3Si. The SMILES string of the molecule is COC(=O)CC(C)(C)CO[Si](c1ccccc1)(c1ccccc1)C(C)(C)C. The third-order valence-corrected chi connectivity index (χ3v) is 9.93. The molecule has 0 bridgehead atoms. The molecule has 2 aromatic carbocycles. The first-order chi connectivity index (χ1) is 12.6. The Kier molecular flexibility index (Phi) is 6.66. The average Bonchev–Trinajstić information content (AvgIpc) is 2.62. The molecule has 0 radical (unpaired) electrons. The van der Waals surface area contributed by atoms with Gasteiger partial charge in [0.05, 0.1) is 13.5 Å². The molecule has 0 heterocycles. The van der Waals surface area contributed by atoms with E-state index >= 15 is 0 Å². The van der Waals surface area contributed by atoms with Crippen molar-refractivity contribution in [2.75, 3.05) is 13.7 Å². The monoisotopic (exact) mass is 384 g/mol. The Bertz CT molecular complexity index is 694. The molecule has 27 heavy (non-hydrogen) atoms. The van der Waals surface area contributed by atoms with Crippen molar-refractivity contribution >= 4 is 24.7 Å². The van der Waals surface area contributed by atoms with Crippen LogP contribution in [-0.2, 0) is 14.0 Å². The Hall–Kier alpha value is -1.91. The first kappa shape index (κ1) is 21.4. The number of carbonyl (C=O) groups is 1. The summed E-state index contributed by atoms with van der Waals surface area (Å²) in [5.41, 5.74) is -0.305. The number of hydrogen-bond acceptors (Lipinski definition) is 3. The van der Waals surface area contributed by atoms with Crippen molar-refractivity contribution in [1.29, 1.82) is 0 Å². The van der Waals surface area contributed by atoms with Gasteiger partial charge in [-0.1, -0.05) is 95.3 Å². The topological polar surface area (TPSA) is 35.5 Å². The summed E-state index contributed by atoms with van der Waals surface area (Å²) in [5.74, 6) is -0.203. The van der Waals surface area contributed by atoms with Crippen LogP contribution in [0, 0.1) is 5.41 Å². The van der Waals surface area contributed by atoms with Gasteiger partial charge in [0, 0.05) is 6.61 Å². The smallest absolute Gasteiger partial charge is 0.306 e. The van der Waals surface area contributed by atoms with Gasteiger partial charge < -0.3 is 9.16 Å². The van der Waals surface area contributed by atoms with Crippen LogP contribution in [0.3, 0.4) is 0 Å². The van der Waals surface area contributed by atoms with Crippen LogP contribution < -0.4 is 10.4 Å². The molecule has 0 saturated carbocycles. The maximum atomic E-state index is 11.8. The highest BCUT2D eigenvalue weighted by Gasteiger charge is 2.50. The molecule has 0 amide bonds. The molecule has 146 valence electrons. The quantitative estimate of drug-likeness (QED) is 0.531. The summed E-state index contributed by atoms with van der Waals surface area (Å²) in [6.45, 7) is 11.4. The maximum absolute atomic E-state index is 11.8. The van der Waals surface area contributed by atoms with Gasteiger partial charge in [-0.2, -0.15) is 0 Å². The van der Waals surface area contributed by atoms with Gasteiger partial charge >= 0.3 is 5.97 Å². The van der Waals surface area contributed by atoms with E-state index in [-0.39, 0.29) is 16.4 Å². The van der Waals surface area contributed by atoms with E-state index in [4.69, 9.17) is 9.16 Å². The average molecular weight is 385 g/mol. The first-order valence-corrected chi connectivity index (χ1v) is 11.3. The second-order valence-electron chi connectivity index (χ2n) is 8.87. The van der Waals surface area contributed by atoms with Gasteiger partial charge in [-0.3, -0.25) is 4.79 Å². The van der Waals surface area contributed by atoms with Crippen molar-refractivity contribution in [3.63, 3.8) is 0 Å². The Morgan fingerprint density at radius 1 is 0.852 bits per heavy atom. The number of methoxy groups -OCH3 is 1. The van der Waals surface area contributed by atoms with Crippen molar-refractivity contribution in [2.24, 2.45) is 5.41 Å². The summed E-state index contributed by atoms with van der Waals surface area (Å²) in [7, 11) is -1.14. The summed E-state index contributed by atoms with van der Waals surface area (Å²) in [6.07, 6.45) is 0.335. The lowest BCUT2D eigenvalue weighted by molar-refractivity contribution is -0.143. The van der Waals surface area contributed by atoms with Crippen LogP contribution in [0.15, 0.2) is 60.7 Å². The van der Waals surface area contributed by atoms with Crippen LogP contribution in [0.4, 0.5) is 0 Å². The Morgan fingerprint density at radius 3 is 1.67 bits per heavy atom. The number of ether oxygens (including phenoxy) is 1. The molecule has 0 saturated heterocycles. The van der Waals surface area contributed by atoms with Crippen molar-refractivity contribution in [2.45, 2.75) is 46.1 Å². The van der Waals surface area contributed by atoms with Gasteiger partial charge in [0.25, 0.3) is 8.32 Å². The fourth-order valence-corrected chi connectivity index (χ4v) is 8.34. The first-order valence-electron chi connectivity index (χ1n) is 9.44. The highest BCUT2D eigenvalue weighted by molar-refractivity contribution is 6.99. The van der Waals surface area contributed by atoms with Gasteiger partial charge in [0.1, 0.15) is 0 Å². The summed E-state index contributed by atoms with van der Waals surface area (Å²) >= 11 is 0. The van der Waals surface area contributed by atoms with Crippen LogP contribution >= 0.6 is 0 Å². The molecule has 0 aliphatic carbocycles. The number of esters is 1. The zero-order chi connectivity index (χ0) is 20.1. The van der Waals surface area contributed by atoms with E-state index in [0.29, 0.717) is 13.0 Å². The van der Waals surface area contributed by atoms with Crippen molar-refractivity contribution in [3.05, 3.63) is 60.7 Å². The summed E-state index contributed by atoms with van der Waals surface area (Å²) in [5, 5.41) is 2.42. The van der Waals surface area contributed by atoms with Crippen LogP contribution in [0.2, 0.25) is 5.04 Å². The van der Waals surface area contributed by atoms with Gasteiger partial charge in [0.2, 0.25) is 0 Å². The van der Waals surface area contributed by atoms with Crippen molar-refractivity contribution in [3.8, 4) is 0 Å². The lowest BCUT2D eigenvalue weighted by Gasteiger charge is -2.44. The zero-order valence-corrected chi connectivity index (χ0v) is 18.4. The Balaban J connectivity index is 2.51. The van der Waals surface area contributed by atoms with E-state index < -0.39 is 8.32 Å². The lowest BCUT2D eigenvalue weighted by Crippen LogP contribution is -2.67. The van der Waals surface area contributed by atoms with Crippen LogP contribution in [-0.4, -0.2) is 28.0 Å². The molecule has 0 fully saturated rings. The van der Waals surface area contributed by atoms with Crippen LogP contribution in [0.5, 0.6) is 0 Å². The summed E-state index contributed by atoms with van der Waals surface area (Å²) in [4.78, 5) is 11.8. The molecule has 0 atom stereocenters. The van der Waals surface area contributed by atoms with Gasteiger partial charge in [-0.15, -0.1) is 0 Å². The fourth-order valence-electron chi connectivity index (χ4n) is 3.58. The Labute approximate surface area is 164 Å². The molecule has 0 spiro atoms. The second-order valence-corrected chi connectivity index (χ2v) is 13.2.